The van der Waals surface area contributed by atoms with Crippen LogP contribution in [-0.2, 0) is 0 Å². The summed E-state index contributed by atoms with van der Waals surface area (Å²) in [4.78, 5) is 0. The highest BCUT2D eigenvalue weighted by molar-refractivity contribution is 5.22. The molecule has 0 saturated carbocycles. The summed E-state index contributed by atoms with van der Waals surface area (Å²) in [5.74, 6) is -0.952. The second-order valence-electron chi connectivity index (χ2n) is 2.80. The van der Waals surface area contributed by atoms with Crippen molar-refractivity contribution in [2.45, 2.75) is 12.5 Å². The zero-order valence-electron chi connectivity index (χ0n) is 7.13. The van der Waals surface area contributed by atoms with E-state index in [1.54, 1.807) is 6.08 Å². The Kier molecular flexibility index (Phi) is 3.14. The lowest BCUT2D eigenvalue weighted by Gasteiger charge is -2.10. The van der Waals surface area contributed by atoms with Crippen molar-refractivity contribution in [2.24, 2.45) is 5.73 Å². The first-order valence-corrected chi connectivity index (χ1v) is 3.96. The third-order valence-electron chi connectivity index (χ3n) is 1.78. The van der Waals surface area contributed by atoms with Crippen molar-refractivity contribution in [3.05, 3.63) is 48.1 Å². The number of hydrogen-bond acceptors (Lipinski definition) is 1. The van der Waals surface area contributed by atoms with Crippen LogP contribution in [0.3, 0.4) is 0 Å². The third kappa shape index (κ3) is 2.36. The van der Waals surface area contributed by atoms with Gasteiger partial charge in [-0.1, -0.05) is 6.08 Å². The van der Waals surface area contributed by atoms with Gasteiger partial charge in [0.05, 0.1) is 0 Å². The van der Waals surface area contributed by atoms with Crippen LogP contribution in [0.2, 0.25) is 0 Å². The average Bonchev–Trinajstić information content (AvgIpc) is 2.09. The Morgan fingerprint density at radius 3 is 2.77 bits per heavy atom. The highest BCUT2D eigenvalue weighted by atomic mass is 19.1. The monoisotopic (exact) mass is 183 g/mol. The summed E-state index contributed by atoms with van der Waals surface area (Å²) in [5.41, 5.74) is 5.79. The first-order valence-electron chi connectivity index (χ1n) is 3.96. The molecule has 0 heterocycles. The van der Waals surface area contributed by atoms with E-state index in [0.717, 1.165) is 18.2 Å². The topological polar surface area (TPSA) is 26.0 Å². The normalized spacial score (nSPS) is 12.5. The van der Waals surface area contributed by atoms with E-state index in [0.29, 0.717) is 6.42 Å². The zero-order valence-corrected chi connectivity index (χ0v) is 7.13. The maximum absolute atomic E-state index is 13.1. The summed E-state index contributed by atoms with van der Waals surface area (Å²) in [6.07, 6.45) is 2.01. The molecule has 0 aromatic heterocycles. The largest absolute Gasteiger partial charge is 0.324 e. The maximum atomic E-state index is 13.1. The number of hydrogen-bond donors (Lipinski definition) is 1. The van der Waals surface area contributed by atoms with Gasteiger partial charge in [-0.3, -0.25) is 0 Å². The molecule has 0 spiro atoms. The Morgan fingerprint density at radius 2 is 2.15 bits per heavy atom. The van der Waals surface area contributed by atoms with Gasteiger partial charge in [0.2, 0.25) is 0 Å². The van der Waals surface area contributed by atoms with Crippen LogP contribution in [0.25, 0.3) is 0 Å². The van der Waals surface area contributed by atoms with Crippen LogP contribution in [0.5, 0.6) is 0 Å². The van der Waals surface area contributed by atoms with Crippen molar-refractivity contribution in [3.63, 3.8) is 0 Å². The Labute approximate surface area is 75.9 Å². The quantitative estimate of drug-likeness (QED) is 0.716. The average molecular weight is 183 g/mol. The minimum absolute atomic E-state index is 0.194. The molecule has 0 amide bonds. The fourth-order valence-corrected chi connectivity index (χ4v) is 1.11. The molecule has 0 saturated heterocycles. The highest BCUT2D eigenvalue weighted by Crippen LogP contribution is 2.18. The van der Waals surface area contributed by atoms with Gasteiger partial charge in [-0.15, -0.1) is 6.58 Å². The van der Waals surface area contributed by atoms with E-state index in [1.807, 2.05) is 0 Å². The fraction of sp³-hybridized carbons (Fsp3) is 0.200. The lowest BCUT2D eigenvalue weighted by molar-refractivity contribution is 0.563. The summed E-state index contributed by atoms with van der Waals surface area (Å²) in [7, 11) is 0. The lowest BCUT2D eigenvalue weighted by atomic mass is 10.0. The Bertz CT molecular complexity index is 310. The van der Waals surface area contributed by atoms with Crippen molar-refractivity contribution in [2.75, 3.05) is 0 Å². The third-order valence-corrected chi connectivity index (χ3v) is 1.78. The molecule has 1 aromatic rings. The van der Waals surface area contributed by atoms with Crippen LogP contribution in [0.15, 0.2) is 30.9 Å². The van der Waals surface area contributed by atoms with Crippen molar-refractivity contribution >= 4 is 0 Å². The van der Waals surface area contributed by atoms with Gasteiger partial charge >= 0.3 is 0 Å². The predicted molar refractivity (Wildman–Crippen MR) is 48.1 cm³/mol. The predicted octanol–water partition coefficient (Wildman–Crippen LogP) is 2.54. The Morgan fingerprint density at radius 1 is 1.46 bits per heavy atom. The number of halogens is 2. The standard InChI is InChI=1S/C10H11F2N/c1-2-3-10(13)8-6-7(11)4-5-9(8)12/h2,4-6,10H,1,3,13H2. The van der Waals surface area contributed by atoms with E-state index in [1.165, 1.54) is 0 Å². The van der Waals surface area contributed by atoms with Gasteiger partial charge in [-0.05, 0) is 24.6 Å². The van der Waals surface area contributed by atoms with E-state index in [9.17, 15) is 8.78 Å². The van der Waals surface area contributed by atoms with Gasteiger partial charge in [0, 0.05) is 11.6 Å². The molecule has 1 atom stereocenters. The first-order chi connectivity index (χ1) is 6.15. The van der Waals surface area contributed by atoms with Gasteiger partial charge in [0.25, 0.3) is 0 Å². The molecule has 3 heteroatoms. The molecule has 1 nitrogen and oxygen atoms in total. The molecule has 0 aliphatic heterocycles. The molecular formula is C10H11F2N. The maximum Gasteiger partial charge on any atom is 0.128 e. The molecule has 13 heavy (non-hydrogen) atoms. The summed E-state index contributed by atoms with van der Waals surface area (Å²) in [6, 6.07) is 2.74. The second kappa shape index (κ2) is 4.14. The van der Waals surface area contributed by atoms with Gasteiger partial charge < -0.3 is 5.73 Å². The van der Waals surface area contributed by atoms with Gasteiger partial charge in [0.15, 0.2) is 0 Å². The summed E-state index contributed by atoms with van der Waals surface area (Å²) >= 11 is 0. The second-order valence-corrected chi connectivity index (χ2v) is 2.80. The SMILES string of the molecule is C=CCC(N)c1cc(F)ccc1F. The van der Waals surface area contributed by atoms with E-state index >= 15 is 0 Å². The number of benzene rings is 1. The van der Waals surface area contributed by atoms with E-state index in [4.69, 9.17) is 5.73 Å². The minimum atomic E-state index is -0.520. The van der Waals surface area contributed by atoms with Crippen molar-refractivity contribution < 1.29 is 8.78 Å². The van der Waals surface area contributed by atoms with E-state index < -0.39 is 17.7 Å². The van der Waals surface area contributed by atoms with Crippen molar-refractivity contribution in [1.29, 1.82) is 0 Å². The molecule has 0 bridgehead atoms. The highest BCUT2D eigenvalue weighted by Gasteiger charge is 2.10. The minimum Gasteiger partial charge on any atom is -0.324 e. The van der Waals surface area contributed by atoms with Crippen molar-refractivity contribution in [3.8, 4) is 0 Å². The summed E-state index contributed by atoms with van der Waals surface area (Å²) in [5, 5.41) is 0. The van der Waals surface area contributed by atoms with Crippen LogP contribution in [0, 0.1) is 11.6 Å². The molecule has 1 unspecified atom stereocenters. The van der Waals surface area contributed by atoms with Crippen LogP contribution in [0.4, 0.5) is 8.78 Å². The van der Waals surface area contributed by atoms with Crippen LogP contribution >= 0.6 is 0 Å². The van der Waals surface area contributed by atoms with Gasteiger partial charge in [-0.25, -0.2) is 8.78 Å². The van der Waals surface area contributed by atoms with Crippen molar-refractivity contribution in [1.82, 2.24) is 0 Å². The molecule has 1 rings (SSSR count). The van der Waals surface area contributed by atoms with Gasteiger partial charge in [-0.2, -0.15) is 0 Å². The zero-order chi connectivity index (χ0) is 9.84. The van der Waals surface area contributed by atoms with Crippen LogP contribution in [-0.4, -0.2) is 0 Å². The Balaban J connectivity index is 2.97. The number of rotatable bonds is 3. The van der Waals surface area contributed by atoms with Gasteiger partial charge in [0.1, 0.15) is 11.6 Å². The van der Waals surface area contributed by atoms with Crippen LogP contribution in [0.1, 0.15) is 18.0 Å². The fourth-order valence-electron chi connectivity index (χ4n) is 1.11. The summed E-state index contributed by atoms with van der Waals surface area (Å²) < 4.78 is 25.8. The van der Waals surface area contributed by atoms with E-state index in [-0.39, 0.29) is 5.56 Å². The van der Waals surface area contributed by atoms with E-state index in [2.05, 4.69) is 6.58 Å². The molecule has 2 N–H and O–H groups in total. The molecule has 0 aliphatic carbocycles. The summed E-state index contributed by atoms with van der Waals surface area (Å²) in [6.45, 7) is 3.48. The molecule has 0 fully saturated rings. The Hall–Kier alpha value is -1.22. The lowest BCUT2D eigenvalue weighted by Crippen LogP contribution is -2.11. The molecule has 0 aliphatic rings. The molecule has 0 radical (unpaired) electrons. The first kappa shape index (κ1) is 9.86. The molecule has 70 valence electrons. The van der Waals surface area contributed by atoms with Crippen LogP contribution < -0.4 is 5.73 Å². The molecular weight excluding hydrogens is 172 g/mol. The number of nitrogens with two attached hydrogens (primary N) is 1. The molecule has 1 aromatic carbocycles. The smallest absolute Gasteiger partial charge is 0.128 e.